The summed E-state index contributed by atoms with van der Waals surface area (Å²) in [6, 6.07) is 11.6. The molecule has 0 aliphatic rings. The van der Waals surface area contributed by atoms with Crippen molar-refractivity contribution in [2.45, 2.75) is 19.5 Å². The van der Waals surface area contributed by atoms with Crippen molar-refractivity contribution in [3.63, 3.8) is 0 Å². The highest BCUT2D eigenvalue weighted by atomic mass is 14.9. The number of nitrogen functional groups attached to an aromatic ring is 2. The minimum Gasteiger partial charge on any atom is -0.399 e. The van der Waals surface area contributed by atoms with Gasteiger partial charge in [0.2, 0.25) is 0 Å². The predicted octanol–water partition coefficient (Wildman–Crippen LogP) is 2.10. The molecule has 0 saturated heterocycles. The van der Waals surface area contributed by atoms with Gasteiger partial charge in [0.05, 0.1) is 5.69 Å². The van der Waals surface area contributed by atoms with E-state index in [0.29, 0.717) is 6.54 Å². The average Bonchev–Trinajstić information content (AvgIpc) is 2.40. The summed E-state index contributed by atoms with van der Waals surface area (Å²) in [6.07, 6.45) is 1.79. The first-order valence-electron chi connectivity index (χ1n) is 5.95. The summed E-state index contributed by atoms with van der Waals surface area (Å²) in [5, 5.41) is 3.39. The van der Waals surface area contributed by atoms with E-state index in [0.717, 1.165) is 22.6 Å². The van der Waals surface area contributed by atoms with Gasteiger partial charge in [-0.1, -0.05) is 6.07 Å². The summed E-state index contributed by atoms with van der Waals surface area (Å²) < 4.78 is 0. The SMILES string of the molecule is CC(NCc1ccccn1)c1cc(N)ccc1N. The van der Waals surface area contributed by atoms with Crippen LogP contribution in [-0.2, 0) is 6.54 Å². The molecule has 1 heterocycles. The van der Waals surface area contributed by atoms with Gasteiger partial charge in [-0.25, -0.2) is 0 Å². The Kier molecular flexibility index (Phi) is 3.79. The van der Waals surface area contributed by atoms with Gasteiger partial charge in [-0.15, -0.1) is 0 Å². The Morgan fingerprint density at radius 3 is 2.78 bits per heavy atom. The highest BCUT2D eigenvalue weighted by Crippen LogP contribution is 2.22. The lowest BCUT2D eigenvalue weighted by Crippen LogP contribution is -2.19. The quantitative estimate of drug-likeness (QED) is 0.717. The van der Waals surface area contributed by atoms with Crippen LogP contribution in [0.15, 0.2) is 42.6 Å². The second-order valence-corrected chi connectivity index (χ2v) is 4.31. The normalized spacial score (nSPS) is 12.3. The number of nitrogens with one attached hydrogen (secondary N) is 1. The zero-order chi connectivity index (χ0) is 13.0. The molecule has 0 bridgehead atoms. The molecule has 2 aromatic rings. The first kappa shape index (κ1) is 12.4. The zero-order valence-electron chi connectivity index (χ0n) is 10.4. The van der Waals surface area contributed by atoms with Gasteiger partial charge in [0, 0.05) is 30.2 Å². The predicted molar refractivity (Wildman–Crippen MR) is 74.8 cm³/mol. The van der Waals surface area contributed by atoms with Crippen LogP contribution in [0.3, 0.4) is 0 Å². The van der Waals surface area contributed by atoms with Crippen LogP contribution in [0.5, 0.6) is 0 Å². The summed E-state index contributed by atoms with van der Waals surface area (Å²) in [5.41, 5.74) is 15.2. The standard InChI is InChI=1S/C14H18N4/c1-10(13-8-11(15)5-6-14(13)16)18-9-12-4-2-3-7-17-12/h2-8,10,18H,9,15-16H2,1H3. The zero-order valence-corrected chi connectivity index (χ0v) is 10.4. The molecule has 5 N–H and O–H groups in total. The van der Waals surface area contributed by atoms with E-state index < -0.39 is 0 Å². The summed E-state index contributed by atoms with van der Waals surface area (Å²) >= 11 is 0. The van der Waals surface area contributed by atoms with Crippen LogP contribution in [0, 0.1) is 0 Å². The molecule has 0 radical (unpaired) electrons. The van der Waals surface area contributed by atoms with Crippen LogP contribution in [0.25, 0.3) is 0 Å². The van der Waals surface area contributed by atoms with Crippen molar-refractivity contribution in [1.82, 2.24) is 10.3 Å². The maximum absolute atomic E-state index is 5.95. The van der Waals surface area contributed by atoms with E-state index in [4.69, 9.17) is 11.5 Å². The summed E-state index contributed by atoms with van der Waals surface area (Å²) in [5.74, 6) is 0. The Balaban J connectivity index is 2.03. The third kappa shape index (κ3) is 2.99. The molecule has 0 saturated carbocycles. The number of aromatic nitrogens is 1. The van der Waals surface area contributed by atoms with E-state index in [9.17, 15) is 0 Å². The monoisotopic (exact) mass is 242 g/mol. The maximum Gasteiger partial charge on any atom is 0.0541 e. The molecular formula is C14H18N4. The Morgan fingerprint density at radius 1 is 1.22 bits per heavy atom. The number of anilines is 2. The Bertz CT molecular complexity index is 510. The fourth-order valence-corrected chi connectivity index (χ4v) is 1.84. The second kappa shape index (κ2) is 5.51. The van der Waals surface area contributed by atoms with Crippen LogP contribution in [0.1, 0.15) is 24.2 Å². The second-order valence-electron chi connectivity index (χ2n) is 4.31. The molecule has 18 heavy (non-hydrogen) atoms. The van der Waals surface area contributed by atoms with Crippen LogP contribution in [0.4, 0.5) is 11.4 Å². The lowest BCUT2D eigenvalue weighted by atomic mass is 10.1. The largest absolute Gasteiger partial charge is 0.399 e. The fraction of sp³-hybridized carbons (Fsp3) is 0.214. The lowest BCUT2D eigenvalue weighted by molar-refractivity contribution is 0.569. The van der Waals surface area contributed by atoms with Gasteiger partial charge in [0.1, 0.15) is 0 Å². The van der Waals surface area contributed by atoms with Crippen LogP contribution in [-0.4, -0.2) is 4.98 Å². The van der Waals surface area contributed by atoms with Gasteiger partial charge in [0.15, 0.2) is 0 Å². The van der Waals surface area contributed by atoms with Crippen LogP contribution in [0.2, 0.25) is 0 Å². The smallest absolute Gasteiger partial charge is 0.0541 e. The Labute approximate surface area is 107 Å². The Morgan fingerprint density at radius 2 is 2.06 bits per heavy atom. The molecule has 94 valence electrons. The summed E-state index contributed by atoms with van der Waals surface area (Å²) in [7, 11) is 0. The minimum atomic E-state index is 0.135. The van der Waals surface area contributed by atoms with Gasteiger partial charge < -0.3 is 16.8 Å². The molecule has 0 aliphatic heterocycles. The van der Waals surface area contributed by atoms with Crippen LogP contribution < -0.4 is 16.8 Å². The first-order chi connectivity index (χ1) is 8.66. The number of rotatable bonds is 4. The molecule has 2 rings (SSSR count). The van der Waals surface area contributed by atoms with E-state index in [1.54, 1.807) is 6.20 Å². The highest BCUT2D eigenvalue weighted by molar-refractivity contribution is 5.56. The molecule has 4 heteroatoms. The van der Waals surface area contributed by atoms with E-state index in [1.165, 1.54) is 0 Å². The van der Waals surface area contributed by atoms with Gasteiger partial charge in [-0.05, 0) is 42.8 Å². The van der Waals surface area contributed by atoms with Crippen molar-refractivity contribution in [3.8, 4) is 0 Å². The fourth-order valence-electron chi connectivity index (χ4n) is 1.84. The van der Waals surface area contributed by atoms with Gasteiger partial charge in [0.25, 0.3) is 0 Å². The van der Waals surface area contributed by atoms with Crippen molar-refractivity contribution < 1.29 is 0 Å². The number of hydrogen-bond donors (Lipinski definition) is 3. The minimum absolute atomic E-state index is 0.135. The molecule has 1 aromatic heterocycles. The number of hydrogen-bond acceptors (Lipinski definition) is 4. The van der Waals surface area contributed by atoms with E-state index in [2.05, 4.69) is 17.2 Å². The van der Waals surface area contributed by atoms with E-state index >= 15 is 0 Å². The number of benzene rings is 1. The molecular weight excluding hydrogens is 224 g/mol. The molecule has 4 nitrogen and oxygen atoms in total. The topological polar surface area (TPSA) is 77.0 Å². The third-order valence-corrected chi connectivity index (χ3v) is 2.89. The molecule has 1 unspecified atom stereocenters. The molecule has 0 spiro atoms. The van der Waals surface area contributed by atoms with Crippen molar-refractivity contribution in [2.75, 3.05) is 11.5 Å². The highest BCUT2D eigenvalue weighted by Gasteiger charge is 2.09. The van der Waals surface area contributed by atoms with Gasteiger partial charge in [-0.2, -0.15) is 0 Å². The van der Waals surface area contributed by atoms with Crippen LogP contribution >= 0.6 is 0 Å². The molecule has 1 atom stereocenters. The van der Waals surface area contributed by atoms with Crippen molar-refractivity contribution in [2.24, 2.45) is 0 Å². The molecule has 1 aromatic carbocycles. The van der Waals surface area contributed by atoms with E-state index in [-0.39, 0.29) is 6.04 Å². The first-order valence-corrected chi connectivity index (χ1v) is 5.95. The number of nitrogens with zero attached hydrogens (tertiary/aromatic N) is 1. The number of pyridine rings is 1. The molecule has 0 fully saturated rings. The van der Waals surface area contributed by atoms with Crippen molar-refractivity contribution in [3.05, 3.63) is 53.9 Å². The maximum atomic E-state index is 5.95. The molecule has 0 amide bonds. The third-order valence-electron chi connectivity index (χ3n) is 2.89. The van der Waals surface area contributed by atoms with E-state index in [1.807, 2.05) is 36.4 Å². The Hall–Kier alpha value is -2.07. The molecule has 0 aliphatic carbocycles. The van der Waals surface area contributed by atoms with Gasteiger partial charge >= 0.3 is 0 Å². The van der Waals surface area contributed by atoms with Gasteiger partial charge in [-0.3, -0.25) is 4.98 Å². The van der Waals surface area contributed by atoms with Crippen molar-refractivity contribution >= 4 is 11.4 Å². The summed E-state index contributed by atoms with van der Waals surface area (Å²) in [6.45, 7) is 2.77. The summed E-state index contributed by atoms with van der Waals surface area (Å²) in [4.78, 5) is 4.27. The lowest BCUT2D eigenvalue weighted by Gasteiger charge is -2.16. The average molecular weight is 242 g/mol. The van der Waals surface area contributed by atoms with Crippen molar-refractivity contribution in [1.29, 1.82) is 0 Å². The number of nitrogens with two attached hydrogens (primary N) is 2.